The van der Waals surface area contributed by atoms with Crippen molar-refractivity contribution < 1.29 is 14.6 Å². The van der Waals surface area contributed by atoms with Gasteiger partial charge in [-0.05, 0) is 61.7 Å². The third kappa shape index (κ3) is 3.42. The van der Waals surface area contributed by atoms with Gasteiger partial charge in [0.25, 0.3) is 0 Å². The number of rotatable bonds is 6. The summed E-state index contributed by atoms with van der Waals surface area (Å²) >= 11 is 0. The second kappa shape index (κ2) is 7.43. The van der Waals surface area contributed by atoms with Crippen LogP contribution in [0.1, 0.15) is 55.4 Å². The number of hydrogen-bond donors (Lipinski definition) is 1. The van der Waals surface area contributed by atoms with Gasteiger partial charge in [0.1, 0.15) is 11.6 Å². The van der Waals surface area contributed by atoms with E-state index in [2.05, 4.69) is 11.5 Å². The molecule has 140 valence electrons. The summed E-state index contributed by atoms with van der Waals surface area (Å²) in [4.78, 5) is 16.2. The van der Waals surface area contributed by atoms with Gasteiger partial charge in [0.05, 0.1) is 23.2 Å². The van der Waals surface area contributed by atoms with Gasteiger partial charge in [-0.25, -0.2) is 9.78 Å². The molecule has 1 N–H and O–H groups in total. The highest BCUT2D eigenvalue weighted by Crippen LogP contribution is 2.37. The van der Waals surface area contributed by atoms with Crippen molar-refractivity contribution in [3.8, 4) is 17.1 Å². The number of hydrogen-bond acceptors (Lipinski definition) is 3. The van der Waals surface area contributed by atoms with E-state index in [-0.39, 0.29) is 5.56 Å². The Bertz CT molecular complexity index is 954. The Balaban J connectivity index is 1.80. The van der Waals surface area contributed by atoms with Gasteiger partial charge in [-0.15, -0.1) is 0 Å². The molecule has 0 amide bonds. The largest absolute Gasteiger partial charge is 0.494 e. The zero-order chi connectivity index (χ0) is 18.8. The van der Waals surface area contributed by atoms with Crippen molar-refractivity contribution in [1.82, 2.24) is 9.55 Å². The number of ether oxygens (including phenoxy) is 1. The zero-order valence-electron chi connectivity index (χ0n) is 15.5. The minimum absolute atomic E-state index is 0.272. The summed E-state index contributed by atoms with van der Waals surface area (Å²) < 4.78 is 7.99. The van der Waals surface area contributed by atoms with Gasteiger partial charge in [0, 0.05) is 11.6 Å². The molecule has 1 fully saturated rings. The molecule has 1 aliphatic rings. The van der Waals surface area contributed by atoms with E-state index in [1.807, 2.05) is 30.3 Å². The Morgan fingerprint density at radius 1 is 1.19 bits per heavy atom. The molecule has 5 heteroatoms. The van der Waals surface area contributed by atoms with E-state index < -0.39 is 5.97 Å². The van der Waals surface area contributed by atoms with E-state index in [1.165, 1.54) is 12.8 Å². The number of carboxylic acid groups (broad SMARTS) is 1. The molecule has 0 unspecified atom stereocenters. The summed E-state index contributed by atoms with van der Waals surface area (Å²) in [5, 5.41) is 9.30. The van der Waals surface area contributed by atoms with Gasteiger partial charge in [-0.2, -0.15) is 0 Å². The predicted molar refractivity (Wildman–Crippen MR) is 105 cm³/mol. The Hall–Kier alpha value is -2.82. The Labute approximate surface area is 158 Å². The SMILES string of the molecule is CCCOc1ccc(-c2nc3cc(C(=O)O)ccc3n2C2CCCC2)cc1. The molecule has 5 nitrogen and oxygen atoms in total. The molecule has 0 spiro atoms. The van der Waals surface area contributed by atoms with Crippen molar-refractivity contribution in [2.24, 2.45) is 0 Å². The number of fused-ring (bicyclic) bond motifs is 1. The van der Waals surface area contributed by atoms with E-state index in [0.717, 1.165) is 47.4 Å². The fourth-order valence-electron chi connectivity index (χ4n) is 3.89. The fraction of sp³-hybridized carbons (Fsp3) is 0.364. The number of aromatic carboxylic acids is 1. The lowest BCUT2D eigenvalue weighted by molar-refractivity contribution is 0.0697. The molecule has 1 saturated carbocycles. The normalized spacial score (nSPS) is 14.7. The lowest BCUT2D eigenvalue weighted by Gasteiger charge is -2.17. The second-order valence-electron chi connectivity index (χ2n) is 7.13. The lowest BCUT2D eigenvalue weighted by atomic mass is 10.1. The van der Waals surface area contributed by atoms with Crippen molar-refractivity contribution in [1.29, 1.82) is 0 Å². The van der Waals surface area contributed by atoms with Crippen LogP contribution in [0.2, 0.25) is 0 Å². The summed E-state index contributed by atoms with van der Waals surface area (Å²) in [6, 6.07) is 13.7. The molecular weight excluding hydrogens is 340 g/mol. The van der Waals surface area contributed by atoms with E-state index in [4.69, 9.17) is 9.72 Å². The maximum atomic E-state index is 11.3. The molecule has 0 saturated heterocycles. The van der Waals surface area contributed by atoms with Crippen LogP contribution in [0.15, 0.2) is 42.5 Å². The molecule has 0 aliphatic heterocycles. The molecule has 1 heterocycles. The van der Waals surface area contributed by atoms with Crippen molar-refractivity contribution in [2.75, 3.05) is 6.61 Å². The van der Waals surface area contributed by atoms with E-state index in [9.17, 15) is 9.90 Å². The number of imidazole rings is 1. The van der Waals surface area contributed by atoms with Crippen molar-refractivity contribution in [3.05, 3.63) is 48.0 Å². The highest BCUT2D eigenvalue weighted by atomic mass is 16.5. The monoisotopic (exact) mass is 364 g/mol. The predicted octanol–water partition coefficient (Wildman–Crippen LogP) is 5.31. The van der Waals surface area contributed by atoms with Crippen molar-refractivity contribution in [2.45, 2.75) is 45.1 Å². The summed E-state index contributed by atoms with van der Waals surface area (Å²) in [5.41, 5.74) is 3.04. The van der Waals surface area contributed by atoms with Crippen LogP contribution in [0.3, 0.4) is 0 Å². The average Bonchev–Trinajstić information content (AvgIpc) is 3.33. The van der Waals surface area contributed by atoms with Crippen LogP contribution >= 0.6 is 0 Å². The first kappa shape index (κ1) is 17.6. The number of carbonyl (C=O) groups is 1. The Kier molecular flexibility index (Phi) is 4.84. The molecule has 0 bridgehead atoms. The number of aromatic nitrogens is 2. The molecule has 1 aromatic heterocycles. The van der Waals surface area contributed by atoms with Crippen LogP contribution < -0.4 is 4.74 Å². The summed E-state index contributed by atoms with van der Waals surface area (Å²) in [5.74, 6) is 0.838. The average molecular weight is 364 g/mol. The van der Waals surface area contributed by atoms with Crippen LogP contribution in [0, 0.1) is 0 Å². The van der Waals surface area contributed by atoms with Gasteiger partial charge in [-0.1, -0.05) is 19.8 Å². The standard InChI is InChI=1S/C22H24N2O3/c1-2-13-27-18-10-7-15(8-11-18)21-23-19-14-16(22(25)26)9-12-20(19)24(21)17-5-3-4-6-17/h7-12,14,17H,2-6,13H2,1H3,(H,25,26). The minimum Gasteiger partial charge on any atom is -0.494 e. The van der Waals surface area contributed by atoms with E-state index in [1.54, 1.807) is 12.1 Å². The number of nitrogens with zero attached hydrogens (tertiary/aromatic N) is 2. The first-order valence-electron chi connectivity index (χ1n) is 9.66. The minimum atomic E-state index is -0.925. The van der Waals surface area contributed by atoms with E-state index >= 15 is 0 Å². The zero-order valence-corrected chi connectivity index (χ0v) is 15.5. The van der Waals surface area contributed by atoms with Gasteiger partial charge in [-0.3, -0.25) is 0 Å². The maximum Gasteiger partial charge on any atom is 0.335 e. The summed E-state index contributed by atoms with van der Waals surface area (Å²) in [7, 11) is 0. The molecule has 1 aliphatic carbocycles. The molecule has 27 heavy (non-hydrogen) atoms. The summed E-state index contributed by atoms with van der Waals surface area (Å²) in [6.45, 7) is 2.79. The first-order valence-corrected chi connectivity index (χ1v) is 9.66. The Morgan fingerprint density at radius 2 is 1.93 bits per heavy atom. The highest BCUT2D eigenvalue weighted by Gasteiger charge is 2.24. The van der Waals surface area contributed by atoms with Crippen LogP contribution in [0.25, 0.3) is 22.4 Å². The van der Waals surface area contributed by atoms with Crippen LogP contribution in [0.4, 0.5) is 0 Å². The molecule has 0 atom stereocenters. The Morgan fingerprint density at radius 3 is 2.59 bits per heavy atom. The number of carboxylic acids is 1. The number of benzene rings is 2. The molecule has 2 aromatic carbocycles. The highest BCUT2D eigenvalue weighted by molar-refractivity contribution is 5.93. The molecule has 0 radical (unpaired) electrons. The van der Waals surface area contributed by atoms with Crippen LogP contribution in [0.5, 0.6) is 5.75 Å². The molecular formula is C22H24N2O3. The van der Waals surface area contributed by atoms with E-state index in [0.29, 0.717) is 12.6 Å². The third-order valence-corrected chi connectivity index (χ3v) is 5.21. The molecule has 4 rings (SSSR count). The quantitative estimate of drug-likeness (QED) is 0.644. The maximum absolute atomic E-state index is 11.3. The third-order valence-electron chi connectivity index (χ3n) is 5.21. The smallest absolute Gasteiger partial charge is 0.335 e. The first-order chi connectivity index (χ1) is 13.2. The van der Waals surface area contributed by atoms with Crippen molar-refractivity contribution in [3.63, 3.8) is 0 Å². The van der Waals surface area contributed by atoms with Gasteiger partial charge >= 0.3 is 5.97 Å². The lowest BCUT2D eigenvalue weighted by Crippen LogP contribution is -2.06. The van der Waals surface area contributed by atoms with Gasteiger partial charge in [0.2, 0.25) is 0 Å². The van der Waals surface area contributed by atoms with Gasteiger partial charge in [0.15, 0.2) is 0 Å². The topological polar surface area (TPSA) is 64.3 Å². The molecule has 3 aromatic rings. The second-order valence-corrected chi connectivity index (χ2v) is 7.13. The summed E-state index contributed by atoms with van der Waals surface area (Å²) in [6.07, 6.45) is 5.69. The van der Waals surface area contributed by atoms with Crippen molar-refractivity contribution >= 4 is 17.0 Å². The fourth-order valence-corrected chi connectivity index (χ4v) is 3.89. The van der Waals surface area contributed by atoms with Crippen LogP contribution in [-0.2, 0) is 0 Å². The van der Waals surface area contributed by atoms with Gasteiger partial charge < -0.3 is 14.4 Å². The van der Waals surface area contributed by atoms with Crippen LogP contribution in [-0.4, -0.2) is 27.2 Å².